The Kier molecular flexibility index (Phi) is 18.1. The summed E-state index contributed by atoms with van der Waals surface area (Å²) in [5.41, 5.74) is 0. The Labute approximate surface area is 125 Å². The number of halogens is 1. The van der Waals surface area contributed by atoms with Gasteiger partial charge in [0.25, 0.3) is 0 Å². The van der Waals surface area contributed by atoms with E-state index in [-0.39, 0.29) is 0 Å². The highest BCUT2D eigenvalue weighted by Gasteiger charge is 1.92. The van der Waals surface area contributed by atoms with Crippen LogP contribution in [0.1, 0.15) is 26.2 Å². The summed E-state index contributed by atoms with van der Waals surface area (Å²) in [6.45, 7) is 7.75. The Morgan fingerprint density at radius 1 is 0.611 bits per heavy atom. The molecule has 110 valence electrons. The minimum absolute atomic E-state index is 0.628. The van der Waals surface area contributed by atoms with Crippen molar-refractivity contribution in [3.63, 3.8) is 0 Å². The zero-order valence-electron chi connectivity index (χ0n) is 11.5. The van der Waals surface area contributed by atoms with Gasteiger partial charge in [-0.25, -0.2) is 0 Å². The summed E-state index contributed by atoms with van der Waals surface area (Å²) in [7, 11) is 0. The minimum Gasteiger partial charge on any atom is -0.379 e. The molecule has 5 heteroatoms. The van der Waals surface area contributed by atoms with Crippen molar-refractivity contribution in [1.82, 2.24) is 0 Å². The molecule has 0 aromatic heterocycles. The number of unbranched alkanes of at least 4 members (excludes halogenated alkanes) is 2. The van der Waals surface area contributed by atoms with Gasteiger partial charge in [0.1, 0.15) is 0 Å². The third-order valence-electron chi connectivity index (χ3n) is 2.23. The van der Waals surface area contributed by atoms with Gasteiger partial charge in [0.2, 0.25) is 0 Å². The molecule has 0 heterocycles. The average molecular weight is 374 g/mol. The van der Waals surface area contributed by atoms with E-state index in [4.69, 9.17) is 18.9 Å². The maximum Gasteiger partial charge on any atom is 0.0701 e. The molecule has 0 fully saturated rings. The Morgan fingerprint density at radius 3 is 1.50 bits per heavy atom. The summed E-state index contributed by atoms with van der Waals surface area (Å²) in [5, 5.41) is 0. The lowest BCUT2D eigenvalue weighted by molar-refractivity contribution is -0.000429. The van der Waals surface area contributed by atoms with Gasteiger partial charge in [-0.2, -0.15) is 0 Å². The summed E-state index contributed by atoms with van der Waals surface area (Å²) in [5.74, 6) is 0. The summed E-state index contributed by atoms with van der Waals surface area (Å²) >= 11 is 2.29. The van der Waals surface area contributed by atoms with E-state index in [2.05, 4.69) is 29.5 Å². The monoisotopic (exact) mass is 374 g/mol. The van der Waals surface area contributed by atoms with E-state index < -0.39 is 0 Å². The minimum atomic E-state index is 0.628. The number of ether oxygens (including phenoxy) is 4. The maximum absolute atomic E-state index is 5.42. The van der Waals surface area contributed by atoms with E-state index in [9.17, 15) is 0 Å². The van der Waals surface area contributed by atoms with Crippen molar-refractivity contribution < 1.29 is 18.9 Å². The molecule has 0 bridgehead atoms. The summed E-state index contributed by atoms with van der Waals surface area (Å²) in [4.78, 5) is 0. The lowest BCUT2D eigenvalue weighted by atomic mass is 10.3. The third-order valence-corrected chi connectivity index (χ3v) is 2.67. The van der Waals surface area contributed by atoms with E-state index in [0.29, 0.717) is 39.6 Å². The van der Waals surface area contributed by atoms with Crippen LogP contribution in [0, 0.1) is 0 Å². The molecule has 0 saturated heterocycles. The van der Waals surface area contributed by atoms with E-state index >= 15 is 0 Å². The van der Waals surface area contributed by atoms with Crippen LogP contribution in [-0.2, 0) is 18.9 Å². The van der Waals surface area contributed by atoms with E-state index in [1.54, 1.807) is 0 Å². The predicted molar refractivity (Wildman–Crippen MR) is 81.7 cm³/mol. The first kappa shape index (κ1) is 18.6. The van der Waals surface area contributed by atoms with Crippen LogP contribution in [0.3, 0.4) is 0 Å². The van der Waals surface area contributed by atoms with Gasteiger partial charge in [0.15, 0.2) is 0 Å². The first-order valence-electron chi connectivity index (χ1n) is 6.78. The molecular weight excluding hydrogens is 347 g/mol. The highest BCUT2D eigenvalue weighted by Crippen LogP contribution is 1.93. The fraction of sp³-hybridized carbons (Fsp3) is 1.00. The smallest absolute Gasteiger partial charge is 0.0701 e. The van der Waals surface area contributed by atoms with Crippen LogP contribution < -0.4 is 0 Å². The molecule has 4 nitrogen and oxygen atoms in total. The van der Waals surface area contributed by atoms with Gasteiger partial charge < -0.3 is 18.9 Å². The molecule has 0 saturated carbocycles. The number of hydrogen-bond acceptors (Lipinski definition) is 4. The molecule has 0 aromatic carbocycles. The molecule has 0 radical (unpaired) electrons. The molecule has 0 unspecified atom stereocenters. The van der Waals surface area contributed by atoms with Crippen LogP contribution in [0.2, 0.25) is 0 Å². The Balaban J connectivity index is 2.86. The molecule has 18 heavy (non-hydrogen) atoms. The van der Waals surface area contributed by atoms with E-state index in [0.717, 1.165) is 24.1 Å². The van der Waals surface area contributed by atoms with Gasteiger partial charge in [0, 0.05) is 11.0 Å². The molecule has 0 spiro atoms. The second-order valence-electron chi connectivity index (χ2n) is 3.85. The van der Waals surface area contributed by atoms with Crippen LogP contribution in [0.5, 0.6) is 0 Å². The first-order valence-corrected chi connectivity index (χ1v) is 8.31. The van der Waals surface area contributed by atoms with E-state index in [1.165, 1.54) is 12.8 Å². The number of alkyl halides is 1. The summed E-state index contributed by atoms with van der Waals surface area (Å²) < 4.78 is 22.5. The number of hydrogen-bond donors (Lipinski definition) is 0. The van der Waals surface area contributed by atoms with Gasteiger partial charge in [0.05, 0.1) is 46.2 Å². The Bertz CT molecular complexity index is 131. The molecule has 0 rings (SSSR count). The van der Waals surface area contributed by atoms with Gasteiger partial charge in [-0.1, -0.05) is 42.4 Å². The predicted octanol–water partition coefficient (Wildman–Crippen LogP) is 2.68. The normalized spacial score (nSPS) is 11.0. The lowest BCUT2D eigenvalue weighted by Gasteiger charge is -2.07. The lowest BCUT2D eigenvalue weighted by Crippen LogP contribution is -2.12. The molecule has 0 aliphatic carbocycles. The van der Waals surface area contributed by atoms with E-state index in [1.807, 2.05) is 0 Å². The first-order chi connectivity index (χ1) is 8.91. The molecule has 0 aliphatic heterocycles. The van der Waals surface area contributed by atoms with Crippen molar-refractivity contribution in [2.75, 3.05) is 57.3 Å². The van der Waals surface area contributed by atoms with Crippen molar-refractivity contribution in [2.45, 2.75) is 26.2 Å². The molecule has 0 N–H and O–H groups in total. The summed E-state index contributed by atoms with van der Waals surface area (Å²) in [6.07, 6.45) is 3.63. The highest BCUT2D eigenvalue weighted by atomic mass is 127. The maximum atomic E-state index is 5.42. The molecule has 0 amide bonds. The zero-order valence-corrected chi connectivity index (χ0v) is 13.7. The quantitative estimate of drug-likeness (QED) is 0.251. The largest absolute Gasteiger partial charge is 0.379 e. The van der Waals surface area contributed by atoms with Gasteiger partial charge in [-0.05, 0) is 6.42 Å². The molecular formula is C13H27IO4. The van der Waals surface area contributed by atoms with Crippen LogP contribution in [-0.4, -0.2) is 57.3 Å². The van der Waals surface area contributed by atoms with Crippen molar-refractivity contribution in [2.24, 2.45) is 0 Å². The number of rotatable bonds is 15. The van der Waals surface area contributed by atoms with Crippen molar-refractivity contribution in [3.05, 3.63) is 0 Å². The van der Waals surface area contributed by atoms with Gasteiger partial charge in [-0.15, -0.1) is 0 Å². The van der Waals surface area contributed by atoms with Crippen molar-refractivity contribution >= 4 is 22.6 Å². The van der Waals surface area contributed by atoms with Crippen molar-refractivity contribution in [1.29, 1.82) is 0 Å². The zero-order chi connectivity index (χ0) is 13.3. The van der Waals surface area contributed by atoms with Crippen LogP contribution in [0.4, 0.5) is 0 Å². The molecule has 0 aromatic rings. The second-order valence-corrected chi connectivity index (χ2v) is 4.92. The van der Waals surface area contributed by atoms with Crippen molar-refractivity contribution in [3.8, 4) is 0 Å². The van der Waals surface area contributed by atoms with Crippen LogP contribution in [0.15, 0.2) is 0 Å². The average Bonchev–Trinajstić information content (AvgIpc) is 2.39. The highest BCUT2D eigenvalue weighted by molar-refractivity contribution is 14.1. The SMILES string of the molecule is CCCCCOCCOCCOCCOCCI. The van der Waals surface area contributed by atoms with Crippen LogP contribution in [0.25, 0.3) is 0 Å². The fourth-order valence-corrected chi connectivity index (χ4v) is 1.58. The molecule has 0 atom stereocenters. The standard InChI is InChI=1S/C13H27IO4/c1-2-3-4-6-15-8-10-17-12-13-18-11-9-16-7-5-14/h2-13H2,1H3. The Morgan fingerprint density at radius 2 is 1.06 bits per heavy atom. The Hall–Kier alpha value is 0.570. The van der Waals surface area contributed by atoms with Gasteiger partial charge in [-0.3, -0.25) is 0 Å². The molecule has 0 aliphatic rings. The van der Waals surface area contributed by atoms with Gasteiger partial charge >= 0.3 is 0 Å². The van der Waals surface area contributed by atoms with Crippen LogP contribution >= 0.6 is 22.6 Å². The third kappa shape index (κ3) is 16.6. The second kappa shape index (κ2) is 17.6. The fourth-order valence-electron chi connectivity index (χ4n) is 1.27. The summed E-state index contributed by atoms with van der Waals surface area (Å²) in [6, 6.07) is 0. The topological polar surface area (TPSA) is 36.9 Å².